The van der Waals surface area contributed by atoms with Crippen LogP contribution in [0, 0.1) is 12.8 Å². The number of aryl methyl sites for hydroxylation is 1. The van der Waals surface area contributed by atoms with Crippen molar-refractivity contribution < 1.29 is 21.6 Å². The van der Waals surface area contributed by atoms with E-state index in [-0.39, 0.29) is 22.9 Å². The van der Waals surface area contributed by atoms with Crippen LogP contribution in [0.15, 0.2) is 47.6 Å². The van der Waals surface area contributed by atoms with Gasteiger partial charge in [-0.3, -0.25) is 9.78 Å². The maximum atomic E-state index is 12.6. The second-order valence-corrected chi connectivity index (χ2v) is 10.0. The van der Waals surface area contributed by atoms with Gasteiger partial charge < -0.3 is 0 Å². The lowest BCUT2D eigenvalue weighted by molar-refractivity contribution is -0.119. The predicted octanol–water partition coefficient (Wildman–Crippen LogP) is 1.18. The fourth-order valence-electron chi connectivity index (χ4n) is 2.91. The molecule has 1 fully saturated rings. The Labute approximate surface area is 158 Å². The maximum absolute atomic E-state index is 12.6. The van der Waals surface area contributed by atoms with Gasteiger partial charge in [-0.2, -0.15) is 0 Å². The molecular weight excluding hydrogens is 390 g/mol. The third kappa shape index (κ3) is 3.87. The van der Waals surface area contributed by atoms with Gasteiger partial charge in [0, 0.05) is 18.9 Å². The van der Waals surface area contributed by atoms with Crippen molar-refractivity contribution in [2.45, 2.75) is 25.3 Å². The predicted molar refractivity (Wildman–Crippen MR) is 99.9 cm³/mol. The van der Waals surface area contributed by atoms with E-state index >= 15 is 0 Å². The molecule has 8 nitrogen and oxygen atoms in total. The van der Waals surface area contributed by atoms with Crippen molar-refractivity contribution >= 4 is 31.6 Å². The topological polar surface area (TPSA) is 114 Å². The van der Waals surface area contributed by atoms with E-state index in [4.69, 9.17) is 0 Å². The second-order valence-electron chi connectivity index (χ2n) is 6.42. The van der Waals surface area contributed by atoms with Crippen LogP contribution in [-0.4, -0.2) is 33.5 Å². The van der Waals surface area contributed by atoms with Crippen molar-refractivity contribution in [3.05, 3.63) is 53.9 Å². The molecule has 0 aliphatic carbocycles. The van der Waals surface area contributed by atoms with E-state index in [2.05, 4.69) is 9.71 Å². The summed E-state index contributed by atoms with van der Waals surface area (Å²) in [5.41, 5.74) is 1.19. The van der Waals surface area contributed by atoms with Crippen molar-refractivity contribution in [3.63, 3.8) is 0 Å². The van der Waals surface area contributed by atoms with E-state index in [1.807, 2.05) is 0 Å². The molecule has 0 radical (unpaired) electrons. The van der Waals surface area contributed by atoms with Crippen LogP contribution in [0.25, 0.3) is 0 Å². The minimum absolute atomic E-state index is 0.0206. The van der Waals surface area contributed by atoms with Crippen molar-refractivity contribution in [1.82, 2.24) is 9.71 Å². The molecule has 0 unspecified atom stereocenters. The van der Waals surface area contributed by atoms with E-state index in [1.165, 1.54) is 18.2 Å². The van der Waals surface area contributed by atoms with Crippen LogP contribution in [-0.2, 0) is 31.4 Å². The second kappa shape index (κ2) is 7.02. The highest BCUT2D eigenvalue weighted by Gasteiger charge is 2.42. The number of pyridine rings is 1. The zero-order valence-corrected chi connectivity index (χ0v) is 16.4. The quantitative estimate of drug-likeness (QED) is 0.793. The van der Waals surface area contributed by atoms with Crippen molar-refractivity contribution in [2.75, 3.05) is 10.1 Å². The van der Waals surface area contributed by atoms with Crippen molar-refractivity contribution in [2.24, 2.45) is 5.92 Å². The first kappa shape index (κ1) is 19.5. The van der Waals surface area contributed by atoms with Crippen LogP contribution in [0.1, 0.15) is 18.1 Å². The number of carbonyl (C=O) groups is 1. The van der Waals surface area contributed by atoms with E-state index in [0.29, 0.717) is 11.1 Å². The zero-order chi connectivity index (χ0) is 19.8. The summed E-state index contributed by atoms with van der Waals surface area (Å²) < 4.78 is 52.8. The highest BCUT2D eigenvalue weighted by molar-refractivity contribution is 7.94. The van der Waals surface area contributed by atoms with Crippen LogP contribution in [0.3, 0.4) is 0 Å². The first-order valence-electron chi connectivity index (χ1n) is 8.18. The Morgan fingerprint density at radius 3 is 2.59 bits per heavy atom. The number of anilines is 1. The van der Waals surface area contributed by atoms with Crippen LogP contribution in [0.2, 0.25) is 0 Å². The Hall–Kier alpha value is -2.30. The summed E-state index contributed by atoms with van der Waals surface area (Å²) in [6.45, 7) is 3.18. The summed E-state index contributed by atoms with van der Waals surface area (Å²) in [7, 11) is -7.55. The standard InChI is InChI=1S/C17H19N3O5S2/c1-12-8-15(20-17(21)13(2)11-26(20,22)23)5-6-16(12)27(24,25)19-10-14-4-3-7-18-9-14/h3-9,13,19H,10-11H2,1-2H3/t13-/m0/s1. The van der Waals surface area contributed by atoms with Gasteiger partial charge in [0.2, 0.25) is 26.0 Å². The molecule has 10 heteroatoms. The van der Waals surface area contributed by atoms with E-state index < -0.39 is 31.9 Å². The average Bonchev–Trinajstić information content (AvgIpc) is 2.81. The Morgan fingerprint density at radius 1 is 1.30 bits per heavy atom. The van der Waals surface area contributed by atoms with Gasteiger partial charge in [-0.15, -0.1) is 0 Å². The molecule has 3 rings (SSSR count). The molecule has 144 valence electrons. The molecule has 1 atom stereocenters. The number of carbonyl (C=O) groups excluding carboxylic acids is 1. The third-order valence-corrected chi connectivity index (χ3v) is 7.66. The molecule has 0 spiro atoms. The van der Waals surface area contributed by atoms with E-state index in [9.17, 15) is 21.6 Å². The monoisotopic (exact) mass is 409 g/mol. The minimum Gasteiger partial charge on any atom is -0.273 e. The van der Waals surface area contributed by atoms with Gasteiger partial charge in [0.05, 0.1) is 22.3 Å². The Morgan fingerprint density at radius 2 is 2.04 bits per heavy atom. The first-order chi connectivity index (χ1) is 12.6. The van der Waals surface area contributed by atoms with Crippen LogP contribution >= 0.6 is 0 Å². The minimum atomic E-state index is -3.81. The van der Waals surface area contributed by atoms with Gasteiger partial charge in [-0.25, -0.2) is 25.9 Å². The summed E-state index contributed by atoms with van der Waals surface area (Å²) in [6.07, 6.45) is 3.15. The third-order valence-electron chi connectivity index (χ3n) is 4.23. The lowest BCUT2D eigenvalue weighted by Gasteiger charge is -2.17. The lowest BCUT2D eigenvalue weighted by Crippen LogP contribution is -2.30. The maximum Gasteiger partial charge on any atom is 0.244 e. The first-order valence-corrected chi connectivity index (χ1v) is 11.3. The molecule has 1 saturated heterocycles. The van der Waals surface area contributed by atoms with Gasteiger partial charge >= 0.3 is 0 Å². The molecule has 1 N–H and O–H groups in total. The molecule has 1 aliphatic rings. The molecule has 2 aromatic rings. The van der Waals surface area contributed by atoms with Crippen LogP contribution in [0.4, 0.5) is 5.69 Å². The Kier molecular flexibility index (Phi) is 5.06. The summed E-state index contributed by atoms with van der Waals surface area (Å²) >= 11 is 0. The van der Waals surface area contributed by atoms with Gasteiger partial charge in [-0.05, 0) is 42.3 Å². The number of hydrogen-bond donors (Lipinski definition) is 1. The molecule has 1 amide bonds. The van der Waals surface area contributed by atoms with E-state index in [1.54, 1.807) is 38.4 Å². The fourth-order valence-corrected chi connectivity index (χ4v) is 5.96. The molecule has 1 aliphatic heterocycles. The Bertz CT molecular complexity index is 1080. The number of aromatic nitrogens is 1. The van der Waals surface area contributed by atoms with Crippen LogP contribution in [0.5, 0.6) is 0 Å². The molecule has 27 heavy (non-hydrogen) atoms. The molecule has 2 heterocycles. The van der Waals surface area contributed by atoms with Crippen LogP contribution < -0.4 is 9.03 Å². The number of benzene rings is 1. The zero-order valence-electron chi connectivity index (χ0n) is 14.8. The molecule has 1 aromatic heterocycles. The summed E-state index contributed by atoms with van der Waals surface area (Å²) in [4.78, 5) is 16.1. The molecule has 1 aromatic carbocycles. The molecule has 0 saturated carbocycles. The number of amides is 1. The van der Waals surface area contributed by atoms with Crippen molar-refractivity contribution in [1.29, 1.82) is 0 Å². The average molecular weight is 409 g/mol. The summed E-state index contributed by atoms with van der Waals surface area (Å²) in [5.74, 6) is -1.39. The molecular formula is C17H19N3O5S2. The largest absolute Gasteiger partial charge is 0.273 e. The van der Waals surface area contributed by atoms with Gasteiger partial charge in [0.15, 0.2) is 0 Å². The number of nitrogens with one attached hydrogen (secondary N) is 1. The lowest BCUT2D eigenvalue weighted by atomic mass is 10.2. The Balaban J connectivity index is 1.87. The fraction of sp³-hybridized carbons (Fsp3) is 0.294. The SMILES string of the molecule is Cc1cc(N2C(=O)[C@@H](C)CS2(=O)=O)ccc1S(=O)(=O)NCc1cccnc1. The van der Waals surface area contributed by atoms with Gasteiger partial charge in [-0.1, -0.05) is 13.0 Å². The number of hydrogen-bond acceptors (Lipinski definition) is 6. The number of sulfonamides is 2. The number of rotatable bonds is 5. The summed E-state index contributed by atoms with van der Waals surface area (Å²) in [5, 5.41) is 0. The molecule has 0 bridgehead atoms. The highest BCUT2D eigenvalue weighted by atomic mass is 32.2. The van der Waals surface area contributed by atoms with Crippen molar-refractivity contribution in [3.8, 4) is 0 Å². The normalized spacial score (nSPS) is 19.4. The summed E-state index contributed by atoms with van der Waals surface area (Å²) in [6, 6.07) is 7.49. The van der Waals surface area contributed by atoms with E-state index in [0.717, 1.165) is 4.31 Å². The van der Waals surface area contributed by atoms with Gasteiger partial charge in [0.1, 0.15) is 0 Å². The highest BCUT2D eigenvalue weighted by Crippen LogP contribution is 2.30. The number of nitrogens with zero attached hydrogens (tertiary/aromatic N) is 2. The van der Waals surface area contributed by atoms with Gasteiger partial charge in [0.25, 0.3) is 0 Å². The smallest absolute Gasteiger partial charge is 0.244 e.